The minimum absolute atomic E-state index is 0.119. The molecule has 4 heterocycles. The molecule has 4 atom stereocenters. The fourth-order valence-corrected chi connectivity index (χ4v) is 4.52. The third-order valence-corrected chi connectivity index (χ3v) is 6.08. The summed E-state index contributed by atoms with van der Waals surface area (Å²) < 4.78 is 7.30. The topological polar surface area (TPSA) is 77.3 Å². The maximum absolute atomic E-state index is 12.7. The smallest absolute Gasteiger partial charge is 0.258 e. The van der Waals surface area contributed by atoms with Crippen LogP contribution in [0.15, 0.2) is 24.5 Å². The monoisotopic (exact) mass is 392 g/mol. The molecule has 9 heteroatoms. The zero-order valence-corrected chi connectivity index (χ0v) is 15.0. The van der Waals surface area contributed by atoms with Crippen molar-refractivity contribution in [2.24, 2.45) is 11.8 Å². The second kappa shape index (κ2) is 5.77. The Morgan fingerprint density at radius 2 is 1.77 bits per heavy atom. The van der Waals surface area contributed by atoms with Gasteiger partial charge in [0.2, 0.25) is 11.8 Å². The highest BCUT2D eigenvalue weighted by Gasteiger charge is 2.63. The quantitative estimate of drug-likeness (QED) is 0.748. The number of ether oxygens (including phenoxy) is 1. The van der Waals surface area contributed by atoms with Crippen LogP contribution in [0.5, 0.6) is 0 Å². The molecule has 26 heavy (non-hydrogen) atoms. The first-order valence-corrected chi connectivity index (χ1v) is 9.15. The summed E-state index contributed by atoms with van der Waals surface area (Å²) in [6, 6.07) is 5.29. The summed E-state index contributed by atoms with van der Waals surface area (Å²) in [4.78, 5) is 30.8. The van der Waals surface area contributed by atoms with Gasteiger partial charge in [0.1, 0.15) is 6.33 Å². The predicted octanol–water partition coefficient (Wildman–Crippen LogP) is 2.30. The first-order valence-electron chi connectivity index (χ1n) is 8.39. The van der Waals surface area contributed by atoms with Gasteiger partial charge in [0.25, 0.3) is 5.95 Å². The first-order chi connectivity index (χ1) is 12.5. The fraction of sp³-hybridized carbons (Fsp3) is 0.412. The summed E-state index contributed by atoms with van der Waals surface area (Å²) in [5.74, 6) is -1.15. The van der Waals surface area contributed by atoms with Crippen molar-refractivity contribution in [3.63, 3.8) is 0 Å². The molecular weight excluding hydrogens is 379 g/mol. The van der Waals surface area contributed by atoms with Crippen LogP contribution in [0.25, 0.3) is 0 Å². The SMILES string of the molecule is O=C1C2C3CCC(O3)C2C(=O)N1c1ncn(Cc2ccc(Cl)c(Cl)c2)n1. The highest BCUT2D eigenvalue weighted by Crippen LogP contribution is 2.48. The van der Waals surface area contributed by atoms with Gasteiger partial charge in [0.15, 0.2) is 0 Å². The zero-order chi connectivity index (χ0) is 18.0. The molecule has 0 aliphatic carbocycles. The number of aromatic nitrogens is 3. The van der Waals surface area contributed by atoms with Crippen LogP contribution in [0.4, 0.5) is 5.95 Å². The number of hydrogen-bond acceptors (Lipinski definition) is 5. The lowest BCUT2D eigenvalue weighted by Gasteiger charge is -2.14. The number of amides is 2. The number of nitrogens with zero attached hydrogens (tertiary/aromatic N) is 4. The molecular formula is C17H14Cl2N4O3. The Kier molecular flexibility index (Phi) is 3.60. The van der Waals surface area contributed by atoms with Crippen molar-refractivity contribution in [1.29, 1.82) is 0 Å². The van der Waals surface area contributed by atoms with Gasteiger partial charge in [0.05, 0.1) is 40.6 Å². The van der Waals surface area contributed by atoms with Crippen LogP contribution >= 0.6 is 23.2 Å². The molecule has 5 rings (SSSR count). The van der Waals surface area contributed by atoms with E-state index in [9.17, 15) is 9.59 Å². The van der Waals surface area contributed by atoms with E-state index in [1.165, 1.54) is 6.33 Å². The Bertz CT molecular complexity index is 902. The zero-order valence-electron chi connectivity index (χ0n) is 13.5. The molecule has 2 bridgehead atoms. The molecule has 0 spiro atoms. The summed E-state index contributed by atoms with van der Waals surface area (Å²) in [6.45, 7) is 0.404. The molecule has 3 aliphatic heterocycles. The van der Waals surface area contributed by atoms with Gasteiger partial charge in [-0.2, -0.15) is 4.98 Å². The van der Waals surface area contributed by atoms with Gasteiger partial charge in [0, 0.05) is 0 Å². The third kappa shape index (κ3) is 2.31. The number of halogens is 2. The Hall–Kier alpha value is -1.96. The van der Waals surface area contributed by atoms with Gasteiger partial charge in [-0.15, -0.1) is 5.10 Å². The molecule has 0 N–H and O–H groups in total. The number of carbonyl (C=O) groups is 2. The summed E-state index contributed by atoms with van der Waals surface area (Å²) in [7, 11) is 0. The Morgan fingerprint density at radius 1 is 1.08 bits per heavy atom. The van der Waals surface area contributed by atoms with E-state index in [1.807, 2.05) is 6.07 Å². The number of rotatable bonds is 3. The van der Waals surface area contributed by atoms with Crippen LogP contribution in [-0.4, -0.2) is 38.8 Å². The number of imide groups is 1. The largest absolute Gasteiger partial charge is 0.373 e. The normalized spacial score (nSPS) is 29.7. The molecule has 0 saturated carbocycles. The van der Waals surface area contributed by atoms with Crippen molar-refractivity contribution >= 4 is 41.0 Å². The number of carbonyl (C=O) groups excluding carboxylic acids is 2. The molecule has 3 saturated heterocycles. The van der Waals surface area contributed by atoms with E-state index in [0.29, 0.717) is 16.6 Å². The van der Waals surface area contributed by atoms with Crippen molar-refractivity contribution in [3.8, 4) is 0 Å². The minimum Gasteiger partial charge on any atom is -0.373 e. The molecule has 2 amide bonds. The summed E-state index contributed by atoms with van der Waals surface area (Å²) in [5.41, 5.74) is 0.887. The van der Waals surface area contributed by atoms with Crippen LogP contribution in [0.2, 0.25) is 10.0 Å². The van der Waals surface area contributed by atoms with E-state index >= 15 is 0 Å². The van der Waals surface area contributed by atoms with Crippen LogP contribution in [0, 0.1) is 11.8 Å². The number of hydrogen-bond donors (Lipinski definition) is 0. The predicted molar refractivity (Wildman–Crippen MR) is 93.0 cm³/mol. The van der Waals surface area contributed by atoms with Gasteiger partial charge in [-0.3, -0.25) is 9.59 Å². The highest BCUT2D eigenvalue weighted by molar-refractivity contribution is 6.42. The molecule has 1 aromatic carbocycles. The average molecular weight is 393 g/mol. The lowest BCUT2D eigenvalue weighted by Crippen LogP contribution is -2.35. The standard InChI is InChI=1S/C17H14Cl2N4O3/c18-9-2-1-8(5-10(9)19)6-22-7-20-17(21-22)23-15(24)13-11-3-4-12(26-11)14(13)16(23)25/h1-2,5,7,11-14H,3-4,6H2. The Morgan fingerprint density at radius 3 is 2.42 bits per heavy atom. The van der Waals surface area contributed by atoms with Crippen molar-refractivity contribution in [2.45, 2.75) is 31.6 Å². The van der Waals surface area contributed by atoms with Crippen LogP contribution in [-0.2, 0) is 20.9 Å². The Balaban J connectivity index is 1.39. The van der Waals surface area contributed by atoms with Crippen LogP contribution in [0.1, 0.15) is 18.4 Å². The van der Waals surface area contributed by atoms with Crippen molar-refractivity contribution in [3.05, 3.63) is 40.1 Å². The molecule has 1 aromatic heterocycles. The van der Waals surface area contributed by atoms with E-state index in [1.54, 1.807) is 16.8 Å². The van der Waals surface area contributed by atoms with Gasteiger partial charge >= 0.3 is 0 Å². The van der Waals surface area contributed by atoms with Crippen LogP contribution in [0.3, 0.4) is 0 Å². The van der Waals surface area contributed by atoms with Crippen LogP contribution < -0.4 is 4.90 Å². The van der Waals surface area contributed by atoms with Crippen molar-refractivity contribution < 1.29 is 14.3 Å². The molecule has 3 fully saturated rings. The fourth-order valence-electron chi connectivity index (χ4n) is 4.20. The lowest BCUT2D eigenvalue weighted by atomic mass is 9.81. The lowest BCUT2D eigenvalue weighted by molar-refractivity contribution is -0.124. The number of fused-ring (bicyclic) bond motifs is 5. The van der Waals surface area contributed by atoms with E-state index in [-0.39, 0.29) is 41.8 Å². The van der Waals surface area contributed by atoms with E-state index in [0.717, 1.165) is 23.3 Å². The second-order valence-electron chi connectivity index (χ2n) is 6.84. The van der Waals surface area contributed by atoms with Gasteiger partial charge in [-0.05, 0) is 30.5 Å². The number of benzene rings is 1. The molecule has 7 nitrogen and oxygen atoms in total. The maximum atomic E-state index is 12.7. The summed E-state index contributed by atoms with van der Waals surface area (Å²) >= 11 is 12.0. The van der Waals surface area contributed by atoms with Crippen molar-refractivity contribution in [1.82, 2.24) is 14.8 Å². The highest BCUT2D eigenvalue weighted by atomic mass is 35.5. The summed E-state index contributed by atoms with van der Waals surface area (Å²) in [6.07, 6.45) is 2.86. The molecule has 0 radical (unpaired) electrons. The van der Waals surface area contributed by atoms with Gasteiger partial charge < -0.3 is 4.74 Å². The maximum Gasteiger partial charge on any atom is 0.258 e. The molecule has 2 aromatic rings. The van der Waals surface area contributed by atoms with Gasteiger partial charge in [-0.25, -0.2) is 9.58 Å². The molecule has 3 aliphatic rings. The van der Waals surface area contributed by atoms with Crippen molar-refractivity contribution in [2.75, 3.05) is 4.90 Å². The van der Waals surface area contributed by atoms with Gasteiger partial charge in [-0.1, -0.05) is 29.3 Å². The Labute approximate surface area is 158 Å². The number of anilines is 1. The van der Waals surface area contributed by atoms with E-state index in [2.05, 4.69) is 10.1 Å². The molecule has 4 unspecified atom stereocenters. The summed E-state index contributed by atoms with van der Waals surface area (Å²) in [5, 5.41) is 5.25. The van der Waals surface area contributed by atoms with E-state index < -0.39 is 0 Å². The first kappa shape index (κ1) is 16.2. The minimum atomic E-state index is -0.386. The third-order valence-electron chi connectivity index (χ3n) is 5.34. The molecule has 134 valence electrons. The second-order valence-corrected chi connectivity index (χ2v) is 7.66. The average Bonchev–Trinajstić information content (AvgIpc) is 3.36. The van der Waals surface area contributed by atoms with E-state index in [4.69, 9.17) is 27.9 Å².